The summed E-state index contributed by atoms with van der Waals surface area (Å²) < 4.78 is 25.6. The zero-order chi connectivity index (χ0) is 17.6. The highest BCUT2D eigenvalue weighted by Gasteiger charge is 2.18. The Morgan fingerprint density at radius 1 is 1.40 bits per heavy atom. The van der Waals surface area contributed by atoms with Gasteiger partial charge in [0, 0.05) is 19.5 Å². The molecule has 2 N–H and O–H groups in total. The second-order valence-electron chi connectivity index (χ2n) is 5.23. The van der Waals surface area contributed by atoms with Gasteiger partial charge in [-0.1, -0.05) is 0 Å². The quantitative estimate of drug-likeness (QED) is 0.720. The highest BCUT2D eigenvalue weighted by atomic mass is 19.1. The van der Waals surface area contributed by atoms with Crippen molar-refractivity contribution in [2.45, 2.75) is 6.04 Å². The lowest BCUT2D eigenvalue weighted by Crippen LogP contribution is -2.34. The Morgan fingerprint density at radius 3 is 2.96 bits per heavy atom. The third-order valence-electron chi connectivity index (χ3n) is 3.48. The number of carbonyl (C=O) groups is 1. The van der Waals surface area contributed by atoms with E-state index in [0.29, 0.717) is 11.4 Å². The predicted octanol–water partition coefficient (Wildman–Crippen LogP) is 3.11. The minimum Gasteiger partial charge on any atom is -0.467 e. The second kappa shape index (κ2) is 7.63. The lowest BCUT2D eigenvalue weighted by Gasteiger charge is -2.17. The first-order valence-electron chi connectivity index (χ1n) is 7.57. The number of benzene rings is 1. The van der Waals surface area contributed by atoms with Crippen LogP contribution >= 0.6 is 0 Å². The Balaban J connectivity index is 1.77. The first-order chi connectivity index (χ1) is 12.2. The lowest BCUT2D eigenvalue weighted by molar-refractivity contribution is 0.159. The van der Waals surface area contributed by atoms with Gasteiger partial charge in [-0.15, -0.1) is 0 Å². The van der Waals surface area contributed by atoms with Crippen molar-refractivity contribution in [2.24, 2.45) is 0 Å². The Bertz CT molecular complexity index is 819. The maximum Gasteiger partial charge on any atom is 0.319 e. The molecule has 0 aliphatic rings. The number of amides is 2. The number of anilines is 1. The number of halogens is 1. The first kappa shape index (κ1) is 16.7. The smallest absolute Gasteiger partial charge is 0.319 e. The van der Waals surface area contributed by atoms with Gasteiger partial charge in [0.05, 0.1) is 24.2 Å². The number of ether oxygens (including phenoxy) is 1. The Morgan fingerprint density at radius 2 is 2.28 bits per heavy atom. The minimum atomic E-state index is -0.516. The van der Waals surface area contributed by atoms with Crippen molar-refractivity contribution in [1.82, 2.24) is 15.1 Å². The van der Waals surface area contributed by atoms with Crippen LogP contribution in [0.5, 0.6) is 0 Å². The zero-order valence-electron chi connectivity index (χ0n) is 13.5. The average Bonchev–Trinajstić information content (AvgIpc) is 3.28. The van der Waals surface area contributed by atoms with E-state index in [-0.39, 0.29) is 12.3 Å². The van der Waals surface area contributed by atoms with Gasteiger partial charge in [-0.3, -0.25) is 0 Å². The summed E-state index contributed by atoms with van der Waals surface area (Å²) in [6, 6.07) is 8.28. The highest BCUT2D eigenvalue weighted by Crippen LogP contribution is 2.21. The highest BCUT2D eigenvalue weighted by molar-refractivity contribution is 5.91. The molecule has 1 atom stereocenters. The summed E-state index contributed by atoms with van der Waals surface area (Å²) >= 11 is 0. The van der Waals surface area contributed by atoms with Gasteiger partial charge in [0.25, 0.3) is 0 Å². The molecule has 1 aromatic carbocycles. The van der Waals surface area contributed by atoms with Crippen molar-refractivity contribution in [1.29, 1.82) is 0 Å². The fraction of sp³-hybridized carbons (Fsp3) is 0.176. The van der Waals surface area contributed by atoms with Gasteiger partial charge in [-0.05, 0) is 36.4 Å². The van der Waals surface area contributed by atoms with E-state index in [1.54, 1.807) is 30.6 Å². The van der Waals surface area contributed by atoms with E-state index in [1.807, 2.05) is 0 Å². The lowest BCUT2D eigenvalue weighted by atomic mass is 10.2. The van der Waals surface area contributed by atoms with Crippen LogP contribution in [0.2, 0.25) is 0 Å². The van der Waals surface area contributed by atoms with Crippen molar-refractivity contribution in [2.75, 3.05) is 19.0 Å². The van der Waals surface area contributed by atoms with E-state index in [0.717, 1.165) is 0 Å². The molecule has 0 fully saturated rings. The third kappa shape index (κ3) is 4.04. The fourth-order valence-electron chi connectivity index (χ4n) is 2.39. The number of hydrogen-bond acceptors (Lipinski definition) is 4. The summed E-state index contributed by atoms with van der Waals surface area (Å²) in [7, 11) is 1.53. The topological polar surface area (TPSA) is 81.3 Å². The number of rotatable bonds is 6. The Labute approximate surface area is 143 Å². The average molecular weight is 344 g/mol. The van der Waals surface area contributed by atoms with E-state index in [4.69, 9.17) is 9.15 Å². The monoisotopic (exact) mass is 344 g/mol. The number of aromatic nitrogens is 2. The van der Waals surface area contributed by atoms with E-state index >= 15 is 0 Å². The van der Waals surface area contributed by atoms with Crippen LogP contribution in [-0.2, 0) is 4.74 Å². The number of urea groups is 1. The summed E-state index contributed by atoms with van der Waals surface area (Å²) in [5.74, 6) is 0.0919. The maximum absolute atomic E-state index is 13.6. The van der Waals surface area contributed by atoms with Gasteiger partial charge in [0.1, 0.15) is 17.6 Å². The molecule has 0 spiro atoms. The third-order valence-corrected chi connectivity index (χ3v) is 3.48. The fourth-order valence-corrected chi connectivity index (χ4v) is 2.39. The Hall–Kier alpha value is -3.13. The minimum absolute atomic E-state index is 0.232. The largest absolute Gasteiger partial charge is 0.467 e. The van der Waals surface area contributed by atoms with E-state index in [9.17, 15) is 9.18 Å². The van der Waals surface area contributed by atoms with Crippen molar-refractivity contribution in [3.8, 4) is 5.69 Å². The van der Waals surface area contributed by atoms with Crippen LogP contribution in [-0.4, -0.2) is 29.5 Å². The molecular formula is C17H17FN4O3. The standard InChI is InChI=1S/C17H17FN4O3/c1-24-11-14(16-4-2-9-25-16)21-17(23)20-13-10-12(18)5-6-15(13)22-8-3-7-19-22/h2-10,14H,11H2,1H3,(H2,20,21,23). The van der Waals surface area contributed by atoms with Crippen LogP contribution in [0.4, 0.5) is 14.9 Å². The SMILES string of the molecule is COCC(NC(=O)Nc1cc(F)ccc1-n1cccn1)c1ccco1. The van der Waals surface area contributed by atoms with Crippen LogP contribution in [0.1, 0.15) is 11.8 Å². The van der Waals surface area contributed by atoms with Crippen LogP contribution in [0.25, 0.3) is 5.69 Å². The van der Waals surface area contributed by atoms with Crippen LogP contribution in [0.3, 0.4) is 0 Å². The van der Waals surface area contributed by atoms with Crippen molar-refractivity contribution in [3.05, 3.63) is 66.6 Å². The molecule has 0 aliphatic heterocycles. The van der Waals surface area contributed by atoms with E-state index in [1.165, 1.54) is 36.3 Å². The molecule has 0 bridgehead atoms. The molecule has 0 saturated heterocycles. The maximum atomic E-state index is 13.6. The predicted molar refractivity (Wildman–Crippen MR) is 89.0 cm³/mol. The van der Waals surface area contributed by atoms with Gasteiger partial charge in [-0.25, -0.2) is 13.9 Å². The summed E-state index contributed by atoms with van der Waals surface area (Å²) in [5.41, 5.74) is 0.833. The van der Waals surface area contributed by atoms with E-state index < -0.39 is 17.9 Å². The molecule has 2 aromatic heterocycles. The summed E-state index contributed by atoms with van der Waals surface area (Å²) in [6.45, 7) is 0.232. The number of nitrogens with one attached hydrogen (secondary N) is 2. The van der Waals surface area contributed by atoms with Gasteiger partial charge >= 0.3 is 6.03 Å². The first-order valence-corrected chi connectivity index (χ1v) is 7.57. The van der Waals surface area contributed by atoms with Gasteiger partial charge < -0.3 is 19.8 Å². The van der Waals surface area contributed by atoms with Crippen LogP contribution in [0, 0.1) is 5.82 Å². The molecule has 2 heterocycles. The number of carbonyl (C=O) groups excluding carboxylic acids is 1. The molecular weight excluding hydrogens is 327 g/mol. The molecule has 25 heavy (non-hydrogen) atoms. The molecule has 3 aromatic rings. The van der Waals surface area contributed by atoms with Crippen LogP contribution in [0.15, 0.2) is 59.5 Å². The van der Waals surface area contributed by atoms with Crippen molar-refractivity contribution < 1.29 is 18.3 Å². The molecule has 1 unspecified atom stereocenters. The summed E-state index contributed by atoms with van der Waals surface area (Å²) in [5, 5.41) is 9.48. The van der Waals surface area contributed by atoms with Crippen molar-refractivity contribution >= 4 is 11.7 Å². The number of furan rings is 1. The summed E-state index contributed by atoms with van der Waals surface area (Å²) in [6.07, 6.45) is 4.81. The summed E-state index contributed by atoms with van der Waals surface area (Å²) in [4.78, 5) is 12.4. The van der Waals surface area contributed by atoms with Crippen molar-refractivity contribution in [3.63, 3.8) is 0 Å². The molecule has 2 amide bonds. The van der Waals surface area contributed by atoms with E-state index in [2.05, 4.69) is 15.7 Å². The second-order valence-corrected chi connectivity index (χ2v) is 5.23. The molecule has 3 rings (SSSR count). The zero-order valence-corrected chi connectivity index (χ0v) is 13.5. The van der Waals surface area contributed by atoms with Gasteiger partial charge in [-0.2, -0.15) is 5.10 Å². The van der Waals surface area contributed by atoms with Gasteiger partial charge in [0.2, 0.25) is 0 Å². The number of nitrogens with zero attached hydrogens (tertiary/aromatic N) is 2. The molecule has 0 saturated carbocycles. The molecule has 0 aliphatic carbocycles. The molecule has 8 heteroatoms. The molecule has 130 valence electrons. The van der Waals surface area contributed by atoms with Crippen LogP contribution < -0.4 is 10.6 Å². The number of methoxy groups -OCH3 is 1. The number of hydrogen-bond donors (Lipinski definition) is 2. The normalized spacial score (nSPS) is 11.9. The molecule has 7 nitrogen and oxygen atoms in total. The molecule has 0 radical (unpaired) electrons. The Kier molecular flexibility index (Phi) is 5.10. The van der Waals surface area contributed by atoms with Gasteiger partial charge in [0.15, 0.2) is 0 Å².